The number of halogens is 1. The maximum absolute atomic E-state index is 10.8. The molecule has 72 valence electrons. The van der Waals surface area contributed by atoms with Gasteiger partial charge in [0, 0.05) is 10.7 Å². The van der Waals surface area contributed by atoms with Gasteiger partial charge >= 0.3 is 5.97 Å². The SMILES string of the molecule is COC(=O)c1nonc1S(=O)(=O)Cl. The van der Waals surface area contributed by atoms with Crippen LogP contribution in [0.25, 0.3) is 0 Å². The fourth-order valence-electron chi connectivity index (χ4n) is 0.562. The van der Waals surface area contributed by atoms with Gasteiger partial charge in [-0.3, -0.25) is 0 Å². The predicted octanol–water partition coefficient (Wildman–Crippen LogP) is -0.216. The van der Waals surface area contributed by atoms with E-state index in [1.807, 2.05) is 0 Å². The first-order chi connectivity index (χ1) is 5.96. The second-order valence-corrected chi connectivity index (χ2v) is 4.33. The zero-order chi connectivity index (χ0) is 10.1. The quantitative estimate of drug-likeness (QED) is 0.508. The number of nitrogens with zero attached hydrogens (tertiary/aromatic N) is 2. The minimum Gasteiger partial charge on any atom is -0.464 e. The van der Waals surface area contributed by atoms with Gasteiger partial charge in [-0.25, -0.2) is 17.8 Å². The number of aromatic nitrogens is 2. The highest BCUT2D eigenvalue weighted by Crippen LogP contribution is 2.15. The number of methoxy groups -OCH3 is 1. The van der Waals surface area contributed by atoms with Gasteiger partial charge in [-0.05, 0) is 10.3 Å². The summed E-state index contributed by atoms with van der Waals surface area (Å²) < 4.78 is 29.7. The number of carbonyl (C=O) groups is 1. The Kier molecular flexibility index (Phi) is 2.52. The van der Waals surface area contributed by atoms with E-state index in [1.54, 1.807) is 0 Å². The monoisotopic (exact) mass is 226 g/mol. The molecule has 0 fully saturated rings. The molecule has 0 amide bonds. The highest BCUT2D eigenvalue weighted by atomic mass is 35.7. The summed E-state index contributed by atoms with van der Waals surface area (Å²) in [7, 11) is 1.82. The Morgan fingerprint density at radius 2 is 2.15 bits per heavy atom. The Morgan fingerprint density at radius 3 is 2.62 bits per heavy atom. The number of hydrogen-bond donors (Lipinski definition) is 0. The normalized spacial score (nSPS) is 11.2. The van der Waals surface area contributed by atoms with E-state index < -0.39 is 25.7 Å². The number of rotatable bonds is 2. The number of esters is 1. The van der Waals surface area contributed by atoms with Gasteiger partial charge in [-0.1, -0.05) is 0 Å². The van der Waals surface area contributed by atoms with Crippen molar-refractivity contribution in [2.45, 2.75) is 5.03 Å². The maximum Gasteiger partial charge on any atom is 0.363 e. The topological polar surface area (TPSA) is 99.4 Å². The zero-order valence-electron chi connectivity index (χ0n) is 6.22. The van der Waals surface area contributed by atoms with Crippen LogP contribution in [0.1, 0.15) is 10.5 Å². The summed E-state index contributed by atoms with van der Waals surface area (Å²) in [6.45, 7) is 0. The molecular weight excluding hydrogens is 224 g/mol. The van der Waals surface area contributed by atoms with Crippen molar-refractivity contribution < 1.29 is 22.6 Å². The van der Waals surface area contributed by atoms with Crippen molar-refractivity contribution in [1.29, 1.82) is 0 Å². The van der Waals surface area contributed by atoms with Crippen molar-refractivity contribution in [2.75, 3.05) is 7.11 Å². The standard InChI is InChI=1S/C4H3ClN2O5S/c1-11-4(8)2-3(7-12-6-2)13(5,9)10/h1H3. The number of carbonyl (C=O) groups excluding carboxylic acids is 1. The molecule has 0 aliphatic rings. The lowest BCUT2D eigenvalue weighted by molar-refractivity contribution is 0.0585. The molecule has 7 nitrogen and oxygen atoms in total. The van der Waals surface area contributed by atoms with E-state index in [0.29, 0.717) is 0 Å². The van der Waals surface area contributed by atoms with Crippen molar-refractivity contribution in [3.63, 3.8) is 0 Å². The molecule has 1 aromatic heterocycles. The second-order valence-electron chi connectivity index (χ2n) is 1.85. The summed E-state index contributed by atoms with van der Waals surface area (Å²) in [4.78, 5) is 10.8. The third kappa shape index (κ3) is 1.95. The van der Waals surface area contributed by atoms with Gasteiger partial charge in [0.1, 0.15) is 0 Å². The minimum absolute atomic E-state index is 0.572. The highest BCUT2D eigenvalue weighted by Gasteiger charge is 2.28. The Balaban J connectivity index is 3.26. The first-order valence-corrected chi connectivity index (χ1v) is 5.13. The van der Waals surface area contributed by atoms with Crippen molar-refractivity contribution in [2.24, 2.45) is 0 Å². The van der Waals surface area contributed by atoms with E-state index in [9.17, 15) is 13.2 Å². The van der Waals surface area contributed by atoms with Crippen LogP contribution in [0.2, 0.25) is 0 Å². The molecule has 0 aromatic carbocycles. The molecule has 0 N–H and O–H groups in total. The van der Waals surface area contributed by atoms with Crippen LogP contribution in [0.15, 0.2) is 9.65 Å². The lowest BCUT2D eigenvalue weighted by atomic mass is 10.5. The molecule has 0 saturated heterocycles. The predicted molar refractivity (Wildman–Crippen MR) is 38.7 cm³/mol. The van der Waals surface area contributed by atoms with Gasteiger partial charge < -0.3 is 4.74 Å². The van der Waals surface area contributed by atoms with Crippen molar-refractivity contribution in [3.05, 3.63) is 5.69 Å². The molecular formula is C4H3ClN2O5S. The van der Waals surface area contributed by atoms with Crippen LogP contribution >= 0.6 is 10.7 Å². The van der Waals surface area contributed by atoms with Crippen LogP contribution < -0.4 is 0 Å². The van der Waals surface area contributed by atoms with E-state index in [1.165, 1.54) is 0 Å². The summed E-state index contributed by atoms with van der Waals surface area (Å²) in [6, 6.07) is 0. The van der Waals surface area contributed by atoms with Crippen molar-refractivity contribution >= 4 is 25.7 Å². The smallest absolute Gasteiger partial charge is 0.363 e. The van der Waals surface area contributed by atoms with Crippen LogP contribution in [-0.2, 0) is 13.8 Å². The molecule has 0 aliphatic carbocycles. The zero-order valence-corrected chi connectivity index (χ0v) is 7.79. The molecule has 0 radical (unpaired) electrons. The minimum atomic E-state index is -4.14. The van der Waals surface area contributed by atoms with Crippen molar-refractivity contribution in [1.82, 2.24) is 10.3 Å². The summed E-state index contributed by atoms with van der Waals surface area (Å²) in [6.07, 6.45) is 0. The summed E-state index contributed by atoms with van der Waals surface area (Å²) >= 11 is 0. The fourth-order valence-corrected chi connectivity index (χ4v) is 1.34. The van der Waals surface area contributed by atoms with Crippen LogP contribution in [0.5, 0.6) is 0 Å². The Labute approximate surface area is 77.0 Å². The van der Waals surface area contributed by atoms with E-state index in [0.717, 1.165) is 7.11 Å². The Morgan fingerprint density at radius 1 is 1.54 bits per heavy atom. The van der Waals surface area contributed by atoms with E-state index in [4.69, 9.17) is 10.7 Å². The van der Waals surface area contributed by atoms with Crippen LogP contribution in [-0.4, -0.2) is 31.8 Å². The first kappa shape index (κ1) is 9.93. The summed E-state index contributed by atoms with van der Waals surface area (Å²) in [5, 5.41) is 5.23. The summed E-state index contributed by atoms with van der Waals surface area (Å²) in [5.41, 5.74) is -0.572. The van der Waals surface area contributed by atoms with Crippen LogP contribution in [0, 0.1) is 0 Å². The largest absolute Gasteiger partial charge is 0.464 e. The van der Waals surface area contributed by atoms with Gasteiger partial charge in [0.15, 0.2) is 0 Å². The third-order valence-electron chi connectivity index (χ3n) is 1.07. The fraction of sp³-hybridized carbons (Fsp3) is 0.250. The lowest BCUT2D eigenvalue weighted by Crippen LogP contribution is -2.07. The molecule has 1 heterocycles. The lowest BCUT2D eigenvalue weighted by Gasteiger charge is -1.92. The molecule has 0 bridgehead atoms. The maximum atomic E-state index is 10.8. The third-order valence-corrected chi connectivity index (χ3v) is 2.24. The average molecular weight is 227 g/mol. The van der Waals surface area contributed by atoms with E-state index in [2.05, 4.69) is 19.7 Å². The molecule has 0 atom stereocenters. The second kappa shape index (κ2) is 3.30. The summed E-state index contributed by atoms with van der Waals surface area (Å²) in [5.74, 6) is -0.986. The average Bonchev–Trinajstić information content (AvgIpc) is 2.49. The van der Waals surface area contributed by atoms with Crippen LogP contribution in [0.3, 0.4) is 0 Å². The molecule has 1 aromatic rings. The molecule has 0 unspecified atom stereocenters. The molecule has 13 heavy (non-hydrogen) atoms. The Hall–Kier alpha value is -1.15. The molecule has 1 rings (SSSR count). The van der Waals surface area contributed by atoms with Gasteiger partial charge in [-0.15, -0.1) is 0 Å². The van der Waals surface area contributed by atoms with E-state index in [-0.39, 0.29) is 0 Å². The van der Waals surface area contributed by atoms with Gasteiger partial charge in [0.25, 0.3) is 9.05 Å². The van der Waals surface area contributed by atoms with Crippen LogP contribution in [0.4, 0.5) is 0 Å². The Bertz CT molecular complexity index is 423. The van der Waals surface area contributed by atoms with E-state index >= 15 is 0 Å². The number of hydrogen-bond acceptors (Lipinski definition) is 7. The highest BCUT2D eigenvalue weighted by molar-refractivity contribution is 8.13. The molecule has 0 aliphatic heterocycles. The van der Waals surface area contributed by atoms with Gasteiger partial charge in [-0.2, -0.15) is 0 Å². The first-order valence-electron chi connectivity index (χ1n) is 2.82. The molecule has 9 heteroatoms. The van der Waals surface area contributed by atoms with Gasteiger partial charge in [0.2, 0.25) is 10.7 Å². The molecule has 0 spiro atoms. The number of ether oxygens (including phenoxy) is 1. The van der Waals surface area contributed by atoms with Crippen molar-refractivity contribution in [3.8, 4) is 0 Å². The van der Waals surface area contributed by atoms with Gasteiger partial charge in [0.05, 0.1) is 7.11 Å². The molecule has 0 saturated carbocycles.